The van der Waals surface area contributed by atoms with E-state index >= 15 is 0 Å². The molecule has 2 nitrogen and oxygen atoms in total. The largest absolute Gasteiger partial charge is 0.468 e. The van der Waals surface area contributed by atoms with Gasteiger partial charge in [-0.05, 0) is 54.6 Å². The third-order valence-electron chi connectivity index (χ3n) is 1.42. The van der Waals surface area contributed by atoms with Crippen LogP contribution >= 0.6 is 22.6 Å². The summed E-state index contributed by atoms with van der Waals surface area (Å²) in [5, 5.41) is 0. The van der Waals surface area contributed by atoms with Gasteiger partial charge < -0.3 is 9.47 Å². The van der Waals surface area contributed by atoms with E-state index in [1.165, 1.54) is 3.57 Å². The van der Waals surface area contributed by atoms with Gasteiger partial charge in [0.15, 0.2) is 6.79 Å². The average molecular weight is 292 g/mol. The Morgan fingerprint density at radius 1 is 1.38 bits per heavy atom. The molecule has 0 N–H and O–H groups in total. The highest BCUT2D eigenvalue weighted by Crippen LogP contribution is 2.14. The summed E-state index contributed by atoms with van der Waals surface area (Å²) in [5.74, 6) is 0.854. The summed E-state index contributed by atoms with van der Waals surface area (Å²) in [4.78, 5) is 0. The van der Waals surface area contributed by atoms with Crippen molar-refractivity contribution in [3.8, 4) is 5.75 Å². The van der Waals surface area contributed by atoms with Crippen molar-refractivity contribution in [2.75, 3.05) is 6.79 Å². The van der Waals surface area contributed by atoms with Crippen molar-refractivity contribution in [3.05, 3.63) is 27.8 Å². The second-order valence-electron chi connectivity index (χ2n) is 2.93. The van der Waals surface area contributed by atoms with Gasteiger partial charge in [0.1, 0.15) is 5.75 Å². The Labute approximate surface area is 92.4 Å². The van der Waals surface area contributed by atoms with Crippen LogP contribution in [-0.4, -0.2) is 12.9 Å². The molecule has 0 aliphatic carbocycles. The predicted molar refractivity (Wildman–Crippen MR) is 60.9 cm³/mol. The predicted octanol–water partition coefficient (Wildman–Crippen LogP) is 3.05. The first-order valence-electron chi connectivity index (χ1n) is 4.18. The number of halogens is 1. The van der Waals surface area contributed by atoms with E-state index in [1.54, 1.807) is 0 Å². The van der Waals surface area contributed by atoms with Crippen LogP contribution in [0.3, 0.4) is 0 Å². The van der Waals surface area contributed by atoms with Crippen molar-refractivity contribution in [3.63, 3.8) is 0 Å². The molecule has 3 heteroatoms. The fourth-order valence-electron chi connectivity index (χ4n) is 0.795. The number of rotatable bonds is 4. The Kier molecular flexibility index (Phi) is 4.52. The molecule has 0 fully saturated rings. The van der Waals surface area contributed by atoms with E-state index in [1.807, 2.05) is 38.1 Å². The average Bonchev–Trinajstić information content (AvgIpc) is 2.03. The number of benzene rings is 1. The zero-order chi connectivity index (χ0) is 9.68. The van der Waals surface area contributed by atoms with Crippen LogP contribution in [0.15, 0.2) is 24.3 Å². The molecule has 0 unspecified atom stereocenters. The Balaban J connectivity index is 2.37. The molecule has 0 aliphatic rings. The normalized spacial score (nSPS) is 10.5. The van der Waals surface area contributed by atoms with Gasteiger partial charge in [0.25, 0.3) is 0 Å². The lowest BCUT2D eigenvalue weighted by molar-refractivity contribution is -0.0200. The zero-order valence-corrected chi connectivity index (χ0v) is 9.95. The van der Waals surface area contributed by atoms with Crippen LogP contribution < -0.4 is 4.74 Å². The van der Waals surface area contributed by atoms with E-state index in [0.29, 0.717) is 6.79 Å². The summed E-state index contributed by atoms with van der Waals surface area (Å²) in [5.41, 5.74) is 0. The van der Waals surface area contributed by atoms with Crippen LogP contribution in [-0.2, 0) is 4.74 Å². The molecule has 72 valence electrons. The van der Waals surface area contributed by atoms with Gasteiger partial charge >= 0.3 is 0 Å². The molecule has 0 atom stereocenters. The Morgan fingerprint density at radius 2 is 2.15 bits per heavy atom. The minimum absolute atomic E-state index is 0.211. The third kappa shape index (κ3) is 4.47. The smallest absolute Gasteiger partial charge is 0.189 e. The van der Waals surface area contributed by atoms with Crippen LogP contribution in [0, 0.1) is 3.57 Å². The summed E-state index contributed by atoms with van der Waals surface area (Å²) in [7, 11) is 0. The first-order valence-corrected chi connectivity index (χ1v) is 5.26. The van der Waals surface area contributed by atoms with Crippen LogP contribution in [0.2, 0.25) is 0 Å². The van der Waals surface area contributed by atoms with E-state index in [4.69, 9.17) is 9.47 Å². The molecule has 0 radical (unpaired) electrons. The van der Waals surface area contributed by atoms with E-state index in [9.17, 15) is 0 Å². The fourth-order valence-corrected chi connectivity index (χ4v) is 1.31. The highest BCUT2D eigenvalue weighted by molar-refractivity contribution is 14.1. The SMILES string of the molecule is CC(C)OCOc1cccc(I)c1. The second-order valence-corrected chi connectivity index (χ2v) is 4.18. The van der Waals surface area contributed by atoms with Gasteiger partial charge in [-0.3, -0.25) is 0 Å². The zero-order valence-electron chi connectivity index (χ0n) is 7.79. The van der Waals surface area contributed by atoms with Crippen molar-refractivity contribution < 1.29 is 9.47 Å². The van der Waals surface area contributed by atoms with Gasteiger partial charge in [-0.2, -0.15) is 0 Å². The van der Waals surface area contributed by atoms with Gasteiger partial charge in [0.2, 0.25) is 0 Å². The van der Waals surface area contributed by atoms with Crippen molar-refractivity contribution in [2.45, 2.75) is 20.0 Å². The van der Waals surface area contributed by atoms with Crippen LogP contribution in [0.4, 0.5) is 0 Å². The van der Waals surface area contributed by atoms with E-state index < -0.39 is 0 Å². The lowest BCUT2D eigenvalue weighted by Gasteiger charge is -2.09. The molecule has 0 saturated heterocycles. The third-order valence-corrected chi connectivity index (χ3v) is 2.09. The van der Waals surface area contributed by atoms with E-state index in [-0.39, 0.29) is 6.10 Å². The minimum Gasteiger partial charge on any atom is -0.468 e. The van der Waals surface area contributed by atoms with Crippen molar-refractivity contribution >= 4 is 22.6 Å². The molecule has 0 aromatic heterocycles. The molecule has 0 spiro atoms. The van der Waals surface area contributed by atoms with Gasteiger partial charge in [-0.1, -0.05) is 6.07 Å². The summed E-state index contributed by atoms with van der Waals surface area (Å²) in [6.45, 7) is 4.29. The number of hydrogen-bond donors (Lipinski definition) is 0. The Bertz CT molecular complexity index is 261. The topological polar surface area (TPSA) is 18.5 Å². The molecule has 0 heterocycles. The molecule has 0 bridgehead atoms. The van der Waals surface area contributed by atoms with Crippen LogP contribution in [0.5, 0.6) is 5.75 Å². The second kappa shape index (κ2) is 5.44. The molecule has 0 amide bonds. The molecular formula is C10H13IO2. The molecule has 1 aromatic rings. The standard InChI is InChI=1S/C10H13IO2/c1-8(2)12-7-13-10-5-3-4-9(11)6-10/h3-6,8H,7H2,1-2H3. The van der Waals surface area contributed by atoms with Crippen LogP contribution in [0.1, 0.15) is 13.8 Å². The highest BCUT2D eigenvalue weighted by Gasteiger charge is 1.95. The van der Waals surface area contributed by atoms with Gasteiger partial charge in [0.05, 0.1) is 6.10 Å². The molecular weight excluding hydrogens is 279 g/mol. The summed E-state index contributed by atoms with van der Waals surface area (Å²) in [6, 6.07) is 7.89. The lowest BCUT2D eigenvalue weighted by Crippen LogP contribution is -2.08. The molecule has 0 aliphatic heterocycles. The first-order chi connectivity index (χ1) is 6.18. The quantitative estimate of drug-likeness (QED) is 0.627. The molecule has 1 rings (SSSR count). The Morgan fingerprint density at radius 3 is 2.77 bits per heavy atom. The monoisotopic (exact) mass is 292 g/mol. The van der Waals surface area contributed by atoms with Crippen molar-refractivity contribution in [2.24, 2.45) is 0 Å². The van der Waals surface area contributed by atoms with E-state index in [0.717, 1.165) is 5.75 Å². The number of hydrogen-bond acceptors (Lipinski definition) is 2. The molecule has 0 saturated carbocycles. The summed E-state index contributed by atoms with van der Waals surface area (Å²) < 4.78 is 11.8. The number of ether oxygens (including phenoxy) is 2. The summed E-state index contributed by atoms with van der Waals surface area (Å²) in [6.07, 6.45) is 0.211. The first kappa shape index (κ1) is 10.8. The molecule has 1 aromatic carbocycles. The van der Waals surface area contributed by atoms with Gasteiger partial charge in [-0.25, -0.2) is 0 Å². The maximum atomic E-state index is 5.37. The highest BCUT2D eigenvalue weighted by atomic mass is 127. The lowest BCUT2D eigenvalue weighted by atomic mass is 10.3. The minimum atomic E-state index is 0.211. The van der Waals surface area contributed by atoms with Crippen molar-refractivity contribution in [1.29, 1.82) is 0 Å². The molecule has 13 heavy (non-hydrogen) atoms. The van der Waals surface area contributed by atoms with Gasteiger partial charge in [0, 0.05) is 3.57 Å². The maximum Gasteiger partial charge on any atom is 0.189 e. The van der Waals surface area contributed by atoms with Crippen molar-refractivity contribution in [1.82, 2.24) is 0 Å². The fraction of sp³-hybridized carbons (Fsp3) is 0.400. The van der Waals surface area contributed by atoms with Crippen LogP contribution in [0.25, 0.3) is 0 Å². The van der Waals surface area contributed by atoms with Gasteiger partial charge in [-0.15, -0.1) is 0 Å². The maximum absolute atomic E-state index is 5.37. The Hall–Kier alpha value is -0.290. The van der Waals surface area contributed by atoms with E-state index in [2.05, 4.69) is 22.6 Å². The summed E-state index contributed by atoms with van der Waals surface area (Å²) >= 11 is 2.25.